The Bertz CT molecular complexity index is 569. The van der Waals surface area contributed by atoms with E-state index in [2.05, 4.69) is 4.98 Å². The van der Waals surface area contributed by atoms with Crippen LogP contribution in [0.4, 0.5) is 0 Å². The molecule has 1 aliphatic carbocycles. The molecule has 5 heteroatoms. The number of carboxylic acids is 1. The lowest BCUT2D eigenvalue weighted by Crippen LogP contribution is -2.44. The summed E-state index contributed by atoms with van der Waals surface area (Å²) >= 11 is 0. The first-order valence-electron chi connectivity index (χ1n) is 8.08. The van der Waals surface area contributed by atoms with Crippen molar-refractivity contribution in [2.45, 2.75) is 44.9 Å². The summed E-state index contributed by atoms with van der Waals surface area (Å²) in [5, 5.41) is 9.01. The minimum absolute atomic E-state index is 0.110. The van der Waals surface area contributed by atoms with Crippen molar-refractivity contribution < 1.29 is 14.7 Å². The summed E-state index contributed by atoms with van der Waals surface area (Å²) in [5.41, 5.74) is 0.796. The highest BCUT2D eigenvalue weighted by atomic mass is 16.4. The van der Waals surface area contributed by atoms with Gasteiger partial charge in [0, 0.05) is 19.3 Å². The lowest BCUT2D eigenvalue weighted by Gasteiger charge is -2.44. The smallest absolute Gasteiger partial charge is 0.335 e. The molecule has 1 spiro atoms. The molecule has 1 N–H and O–H groups in total. The van der Waals surface area contributed by atoms with Crippen molar-refractivity contribution in [1.29, 1.82) is 0 Å². The molecule has 22 heavy (non-hydrogen) atoms. The normalized spacial score (nSPS) is 20.8. The number of hydrogen-bond acceptors (Lipinski definition) is 3. The molecule has 3 rings (SSSR count). The van der Waals surface area contributed by atoms with Gasteiger partial charge in [-0.25, -0.2) is 4.79 Å². The van der Waals surface area contributed by atoms with E-state index in [-0.39, 0.29) is 17.2 Å². The van der Waals surface area contributed by atoms with Gasteiger partial charge < -0.3 is 10.0 Å². The number of likely N-dealkylation sites (tertiary alicyclic amines) is 1. The van der Waals surface area contributed by atoms with Gasteiger partial charge in [-0.05, 0) is 43.2 Å². The highest BCUT2D eigenvalue weighted by Crippen LogP contribution is 2.44. The number of pyridine rings is 1. The fourth-order valence-corrected chi connectivity index (χ4v) is 3.83. The summed E-state index contributed by atoms with van der Waals surface area (Å²) < 4.78 is 0. The molecule has 0 radical (unpaired) electrons. The maximum Gasteiger partial charge on any atom is 0.335 e. The zero-order valence-electron chi connectivity index (χ0n) is 12.8. The molecule has 1 saturated heterocycles. The van der Waals surface area contributed by atoms with E-state index in [4.69, 9.17) is 5.11 Å². The predicted molar refractivity (Wildman–Crippen MR) is 81.9 cm³/mol. The van der Waals surface area contributed by atoms with E-state index in [1.165, 1.54) is 50.4 Å². The molecule has 1 amide bonds. The third-order valence-electron chi connectivity index (χ3n) is 5.25. The first kappa shape index (κ1) is 15.0. The van der Waals surface area contributed by atoms with E-state index in [0.29, 0.717) is 5.41 Å². The van der Waals surface area contributed by atoms with Crippen LogP contribution in [-0.2, 0) is 0 Å². The van der Waals surface area contributed by atoms with Gasteiger partial charge in [-0.15, -0.1) is 0 Å². The lowest BCUT2D eigenvalue weighted by molar-refractivity contribution is 0.0467. The Labute approximate surface area is 130 Å². The lowest BCUT2D eigenvalue weighted by atomic mass is 9.68. The summed E-state index contributed by atoms with van der Waals surface area (Å²) in [4.78, 5) is 29.4. The van der Waals surface area contributed by atoms with Crippen LogP contribution in [0.3, 0.4) is 0 Å². The first-order valence-corrected chi connectivity index (χ1v) is 8.08. The Morgan fingerprint density at radius 1 is 1.09 bits per heavy atom. The summed E-state index contributed by atoms with van der Waals surface area (Å²) in [6, 6.07) is 2.78. The van der Waals surface area contributed by atoms with Gasteiger partial charge in [0.2, 0.25) is 0 Å². The van der Waals surface area contributed by atoms with Crippen LogP contribution in [0.15, 0.2) is 18.3 Å². The third kappa shape index (κ3) is 2.98. The van der Waals surface area contributed by atoms with Crippen LogP contribution >= 0.6 is 0 Å². The average molecular weight is 302 g/mol. The summed E-state index contributed by atoms with van der Waals surface area (Å²) in [6.07, 6.45) is 10.1. The van der Waals surface area contributed by atoms with Gasteiger partial charge >= 0.3 is 5.97 Å². The molecule has 1 aromatic rings. The Balaban J connectivity index is 1.67. The van der Waals surface area contributed by atoms with Gasteiger partial charge in [0.25, 0.3) is 5.91 Å². The van der Waals surface area contributed by atoms with Crippen molar-refractivity contribution in [3.8, 4) is 0 Å². The van der Waals surface area contributed by atoms with Crippen molar-refractivity contribution in [3.05, 3.63) is 29.6 Å². The highest BCUT2D eigenvalue weighted by molar-refractivity contribution is 5.95. The number of nitrogens with zero attached hydrogens (tertiary/aromatic N) is 2. The largest absolute Gasteiger partial charge is 0.478 e. The second kappa shape index (κ2) is 6.07. The maximum atomic E-state index is 12.5. The van der Waals surface area contributed by atoms with Crippen LogP contribution in [0.25, 0.3) is 0 Å². The fourth-order valence-electron chi connectivity index (χ4n) is 3.83. The molecule has 0 atom stereocenters. The van der Waals surface area contributed by atoms with Crippen LogP contribution in [0.1, 0.15) is 65.8 Å². The fraction of sp³-hybridized carbons (Fsp3) is 0.588. The molecule has 1 aliphatic heterocycles. The molecule has 0 unspecified atom stereocenters. The molecule has 1 aromatic heterocycles. The van der Waals surface area contributed by atoms with E-state index in [1.54, 1.807) is 0 Å². The van der Waals surface area contributed by atoms with Crippen LogP contribution < -0.4 is 0 Å². The number of hydrogen-bond donors (Lipinski definition) is 1. The highest BCUT2D eigenvalue weighted by Gasteiger charge is 2.37. The molecule has 0 aromatic carbocycles. The van der Waals surface area contributed by atoms with Gasteiger partial charge in [0.05, 0.1) is 5.56 Å². The van der Waals surface area contributed by atoms with Crippen molar-refractivity contribution in [3.63, 3.8) is 0 Å². The first-order chi connectivity index (χ1) is 10.6. The number of carbonyl (C=O) groups is 2. The second-order valence-electron chi connectivity index (χ2n) is 6.59. The average Bonchev–Trinajstić information content (AvgIpc) is 2.56. The Morgan fingerprint density at radius 2 is 1.77 bits per heavy atom. The van der Waals surface area contributed by atoms with E-state index in [0.717, 1.165) is 25.9 Å². The standard InChI is InChI=1S/C17H22N2O3/c20-15(14-12-13(16(21)22)4-9-18-14)19-10-7-17(8-11-19)5-2-1-3-6-17/h4,9,12H,1-3,5-8,10-11H2,(H,21,22). The number of amides is 1. The monoisotopic (exact) mass is 302 g/mol. The second-order valence-corrected chi connectivity index (χ2v) is 6.59. The van der Waals surface area contributed by atoms with Gasteiger partial charge in [0.1, 0.15) is 5.69 Å². The third-order valence-corrected chi connectivity index (χ3v) is 5.25. The number of aromatic nitrogens is 1. The zero-order valence-corrected chi connectivity index (χ0v) is 12.8. The molecular weight excluding hydrogens is 280 g/mol. The van der Waals surface area contributed by atoms with E-state index in [1.807, 2.05) is 4.90 Å². The van der Waals surface area contributed by atoms with Gasteiger partial charge in [-0.1, -0.05) is 19.3 Å². The summed E-state index contributed by atoms with van der Waals surface area (Å²) in [5.74, 6) is -1.18. The molecule has 1 saturated carbocycles. The number of rotatable bonds is 2. The maximum absolute atomic E-state index is 12.5. The molecule has 0 bridgehead atoms. The molecule has 2 fully saturated rings. The Hall–Kier alpha value is -1.91. The predicted octanol–water partition coefficient (Wildman–Crippen LogP) is 2.97. The SMILES string of the molecule is O=C(O)c1ccnc(C(=O)N2CCC3(CCCCC3)CC2)c1. The van der Waals surface area contributed by atoms with Crippen molar-refractivity contribution in [1.82, 2.24) is 9.88 Å². The number of carbonyl (C=O) groups excluding carboxylic acids is 1. The van der Waals surface area contributed by atoms with Crippen LogP contribution in [0, 0.1) is 5.41 Å². The van der Waals surface area contributed by atoms with Crippen molar-refractivity contribution >= 4 is 11.9 Å². The molecule has 2 heterocycles. The minimum atomic E-state index is -1.03. The molecule has 118 valence electrons. The Morgan fingerprint density at radius 3 is 2.41 bits per heavy atom. The topological polar surface area (TPSA) is 70.5 Å². The van der Waals surface area contributed by atoms with Crippen LogP contribution in [0.5, 0.6) is 0 Å². The van der Waals surface area contributed by atoms with Crippen molar-refractivity contribution in [2.24, 2.45) is 5.41 Å². The van der Waals surface area contributed by atoms with E-state index < -0.39 is 5.97 Å². The number of carboxylic acid groups (broad SMARTS) is 1. The van der Waals surface area contributed by atoms with E-state index >= 15 is 0 Å². The number of aromatic carboxylic acids is 1. The molecule has 2 aliphatic rings. The van der Waals surface area contributed by atoms with Crippen LogP contribution in [-0.4, -0.2) is 40.0 Å². The molecular formula is C17H22N2O3. The minimum Gasteiger partial charge on any atom is -0.478 e. The zero-order chi connectivity index (χ0) is 15.6. The summed E-state index contributed by atoms with van der Waals surface area (Å²) in [7, 11) is 0. The van der Waals surface area contributed by atoms with Crippen LogP contribution in [0.2, 0.25) is 0 Å². The van der Waals surface area contributed by atoms with Gasteiger partial charge in [-0.3, -0.25) is 9.78 Å². The van der Waals surface area contributed by atoms with Gasteiger partial charge in [-0.2, -0.15) is 0 Å². The summed E-state index contributed by atoms with van der Waals surface area (Å²) in [6.45, 7) is 1.52. The van der Waals surface area contributed by atoms with Gasteiger partial charge in [0.15, 0.2) is 0 Å². The molecule has 5 nitrogen and oxygen atoms in total. The quantitative estimate of drug-likeness (QED) is 0.911. The number of piperidine rings is 1. The Kier molecular flexibility index (Phi) is 4.14. The van der Waals surface area contributed by atoms with E-state index in [9.17, 15) is 9.59 Å². The van der Waals surface area contributed by atoms with Crippen molar-refractivity contribution in [2.75, 3.05) is 13.1 Å².